The van der Waals surface area contributed by atoms with Gasteiger partial charge in [0.25, 0.3) is 0 Å². The Hall–Kier alpha value is -0.910. The van der Waals surface area contributed by atoms with Crippen LogP contribution in [0.15, 0.2) is 48.5 Å². The van der Waals surface area contributed by atoms with E-state index < -0.39 is 0 Å². The minimum atomic E-state index is -0.224. The summed E-state index contributed by atoms with van der Waals surface area (Å²) >= 11 is 2.15. The van der Waals surface area contributed by atoms with Crippen molar-refractivity contribution in [3.05, 3.63) is 70.8 Å². The molecular formula is C24H30INO. The Kier molecular flexibility index (Phi) is 6.20. The van der Waals surface area contributed by atoms with Crippen molar-refractivity contribution in [3.63, 3.8) is 0 Å². The average Bonchev–Trinajstić information content (AvgIpc) is 2.77. The first-order valence-corrected chi connectivity index (χ1v) is 12.5. The molecular weight excluding hydrogens is 445 g/mol. The first-order valence-electron chi connectivity index (χ1n) is 10.3. The fourth-order valence-electron chi connectivity index (χ4n) is 5.34. The molecule has 0 amide bonds. The largest absolute Gasteiger partial charge is 0.364 e. The summed E-state index contributed by atoms with van der Waals surface area (Å²) in [5, 5.41) is 0. The maximum absolute atomic E-state index is 6.77. The summed E-state index contributed by atoms with van der Waals surface area (Å²) in [5.41, 5.74) is 5.60. The number of hydrogen-bond donors (Lipinski definition) is 0. The van der Waals surface area contributed by atoms with Crippen LogP contribution >= 0.6 is 22.6 Å². The lowest BCUT2D eigenvalue weighted by atomic mass is 9.61. The van der Waals surface area contributed by atoms with Crippen LogP contribution in [0.4, 0.5) is 0 Å². The summed E-state index contributed by atoms with van der Waals surface area (Å²) in [5.74, 6) is 0.556. The second-order valence-electron chi connectivity index (χ2n) is 7.84. The van der Waals surface area contributed by atoms with Gasteiger partial charge >= 0.3 is 0 Å². The first-order chi connectivity index (χ1) is 13.4. The van der Waals surface area contributed by atoms with Crippen LogP contribution in [0.1, 0.15) is 60.3 Å². The maximum atomic E-state index is 6.77. The Morgan fingerprint density at radius 2 is 1.52 bits per heavy atom. The highest BCUT2D eigenvalue weighted by molar-refractivity contribution is 14.1. The number of nitrogens with zero attached hydrogens (tertiary/aromatic N) is 1. The Morgan fingerprint density at radius 1 is 0.926 bits per heavy atom. The molecule has 2 aromatic carbocycles. The van der Waals surface area contributed by atoms with Gasteiger partial charge in [-0.15, -0.1) is 0 Å². The summed E-state index contributed by atoms with van der Waals surface area (Å²) in [7, 11) is 0. The lowest BCUT2D eigenvalue weighted by Gasteiger charge is -2.49. The SMILES string of the molecule is CI.c1ccc2c(c1)C1CCC2(OCCN2CCCCC2)c2ccccc21. The summed E-state index contributed by atoms with van der Waals surface area (Å²) in [6.07, 6.45) is 6.41. The van der Waals surface area contributed by atoms with E-state index in [9.17, 15) is 0 Å². The van der Waals surface area contributed by atoms with Crippen molar-refractivity contribution in [3.8, 4) is 0 Å². The minimum Gasteiger partial charge on any atom is -0.364 e. The Bertz CT molecular complexity index is 721. The summed E-state index contributed by atoms with van der Waals surface area (Å²) in [6.45, 7) is 4.38. The Labute approximate surface area is 177 Å². The zero-order valence-electron chi connectivity index (χ0n) is 16.3. The number of hydrogen-bond acceptors (Lipinski definition) is 2. The van der Waals surface area contributed by atoms with Crippen molar-refractivity contribution < 1.29 is 4.74 Å². The highest BCUT2D eigenvalue weighted by atomic mass is 127. The van der Waals surface area contributed by atoms with E-state index in [0.717, 1.165) is 19.6 Å². The van der Waals surface area contributed by atoms with Crippen LogP contribution in [0.25, 0.3) is 0 Å². The van der Waals surface area contributed by atoms with E-state index in [1.807, 2.05) is 4.93 Å². The number of likely N-dealkylation sites (tertiary alicyclic amines) is 1. The van der Waals surface area contributed by atoms with Crippen LogP contribution in [0.3, 0.4) is 0 Å². The van der Waals surface area contributed by atoms with Crippen molar-refractivity contribution in [2.45, 2.75) is 43.6 Å². The monoisotopic (exact) mass is 475 g/mol. The van der Waals surface area contributed by atoms with Crippen molar-refractivity contribution in [1.82, 2.24) is 4.90 Å². The molecule has 1 saturated heterocycles. The van der Waals surface area contributed by atoms with Crippen molar-refractivity contribution in [2.24, 2.45) is 0 Å². The predicted molar refractivity (Wildman–Crippen MR) is 121 cm³/mol. The first kappa shape index (κ1) is 19.4. The lowest BCUT2D eigenvalue weighted by molar-refractivity contribution is -0.0478. The zero-order chi connectivity index (χ0) is 18.7. The van der Waals surface area contributed by atoms with E-state index in [1.54, 1.807) is 0 Å². The molecule has 3 aliphatic carbocycles. The maximum Gasteiger partial charge on any atom is 0.119 e. The van der Waals surface area contributed by atoms with E-state index in [4.69, 9.17) is 4.74 Å². The van der Waals surface area contributed by atoms with Crippen molar-refractivity contribution in [1.29, 1.82) is 0 Å². The molecule has 0 atom stereocenters. The van der Waals surface area contributed by atoms with Crippen LogP contribution < -0.4 is 0 Å². The number of halogens is 1. The minimum absolute atomic E-state index is 0.224. The molecule has 6 rings (SSSR count). The molecule has 0 unspecified atom stereocenters. The molecule has 1 fully saturated rings. The number of rotatable bonds is 4. The molecule has 2 nitrogen and oxygen atoms in total. The molecule has 144 valence electrons. The van der Waals surface area contributed by atoms with E-state index >= 15 is 0 Å². The van der Waals surface area contributed by atoms with Crippen LogP contribution in [0, 0.1) is 0 Å². The topological polar surface area (TPSA) is 12.5 Å². The van der Waals surface area contributed by atoms with Gasteiger partial charge < -0.3 is 9.64 Å². The molecule has 3 heteroatoms. The molecule has 1 heterocycles. The summed E-state index contributed by atoms with van der Waals surface area (Å²) < 4.78 is 6.77. The van der Waals surface area contributed by atoms with E-state index in [1.165, 1.54) is 61.0 Å². The van der Waals surface area contributed by atoms with Gasteiger partial charge in [-0.2, -0.15) is 0 Å². The number of fused-ring (bicyclic) bond motifs is 1. The summed E-state index contributed by atoms with van der Waals surface area (Å²) in [6, 6.07) is 18.0. The quantitative estimate of drug-likeness (QED) is 0.414. The highest BCUT2D eigenvalue weighted by Crippen LogP contribution is 2.56. The number of alkyl halides is 1. The molecule has 0 aromatic heterocycles. The smallest absolute Gasteiger partial charge is 0.119 e. The number of ether oxygens (including phenoxy) is 1. The van der Waals surface area contributed by atoms with Gasteiger partial charge in [-0.05, 0) is 66.0 Å². The lowest BCUT2D eigenvalue weighted by Crippen LogP contribution is -2.44. The molecule has 2 bridgehead atoms. The molecule has 0 radical (unpaired) electrons. The van der Waals surface area contributed by atoms with Gasteiger partial charge in [0.15, 0.2) is 0 Å². The van der Waals surface area contributed by atoms with Crippen LogP contribution in [0.5, 0.6) is 0 Å². The van der Waals surface area contributed by atoms with Gasteiger partial charge in [-0.1, -0.05) is 77.5 Å². The molecule has 0 spiro atoms. The Balaban J connectivity index is 0.000000872. The molecule has 2 aromatic rings. The highest BCUT2D eigenvalue weighted by Gasteiger charge is 2.48. The van der Waals surface area contributed by atoms with E-state index in [0.29, 0.717) is 5.92 Å². The third-order valence-corrected chi connectivity index (χ3v) is 6.53. The molecule has 1 aliphatic heterocycles. The second kappa shape index (κ2) is 8.62. The van der Waals surface area contributed by atoms with Gasteiger partial charge in [-0.25, -0.2) is 0 Å². The summed E-state index contributed by atoms with van der Waals surface area (Å²) in [4.78, 5) is 4.55. The van der Waals surface area contributed by atoms with E-state index in [-0.39, 0.29) is 5.60 Å². The third-order valence-electron chi connectivity index (χ3n) is 6.53. The average molecular weight is 475 g/mol. The number of benzene rings is 2. The molecule has 4 aliphatic rings. The van der Waals surface area contributed by atoms with Crippen LogP contribution in [-0.2, 0) is 10.3 Å². The predicted octanol–water partition coefficient (Wildman–Crippen LogP) is 5.72. The number of piperidine rings is 1. The standard InChI is InChI=1S/C23H27NO.CH3I/c1-6-14-24(15-7-1)16-17-25-23-13-12-18(19-8-2-4-10-21(19)23)20-9-3-5-11-22(20)23;1-2/h2-5,8-11,18H,1,6-7,12-17H2;1H3. The van der Waals surface area contributed by atoms with E-state index in [2.05, 4.69) is 76.0 Å². The van der Waals surface area contributed by atoms with Gasteiger partial charge in [0.05, 0.1) is 6.61 Å². The molecule has 27 heavy (non-hydrogen) atoms. The van der Waals surface area contributed by atoms with Gasteiger partial charge in [-0.3, -0.25) is 0 Å². The van der Waals surface area contributed by atoms with Gasteiger partial charge in [0.2, 0.25) is 0 Å². The van der Waals surface area contributed by atoms with Crippen LogP contribution in [-0.4, -0.2) is 36.1 Å². The van der Waals surface area contributed by atoms with Gasteiger partial charge in [0, 0.05) is 12.5 Å². The van der Waals surface area contributed by atoms with Crippen molar-refractivity contribution in [2.75, 3.05) is 31.2 Å². The second-order valence-corrected chi connectivity index (χ2v) is 7.84. The third kappa shape index (κ3) is 3.47. The van der Waals surface area contributed by atoms with Gasteiger partial charge in [0.1, 0.15) is 5.60 Å². The molecule has 0 saturated carbocycles. The van der Waals surface area contributed by atoms with Crippen molar-refractivity contribution >= 4 is 22.6 Å². The fraction of sp³-hybridized carbons (Fsp3) is 0.500. The molecule has 0 N–H and O–H groups in total. The normalized spacial score (nSPS) is 25.9. The fourth-order valence-corrected chi connectivity index (χ4v) is 5.34. The van der Waals surface area contributed by atoms with Crippen LogP contribution in [0.2, 0.25) is 0 Å². The Morgan fingerprint density at radius 3 is 2.15 bits per heavy atom. The zero-order valence-corrected chi connectivity index (χ0v) is 18.5.